The van der Waals surface area contributed by atoms with E-state index < -0.39 is 45.5 Å². The van der Waals surface area contributed by atoms with E-state index in [-0.39, 0.29) is 81.7 Å². The van der Waals surface area contributed by atoms with Crippen molar-refractivity contribution in [2.24, 2.45) is 21.7 Å². The molecule has 1 aromatic carbocycles. The Bertz CT molecular complexity index is 1290. The van der Waals surface area contributed by atoms with E-state index in [4.69, 9.17) is 28.4 Å². The molecule has 4 unspecified atom stereocenters. The molecule has 1 heterocycles. The molecule has 12 nitrogen and oxygen atoms in total. The first-order valence-corrected chi connectivity index (χ1v) is 15.9. The Morgan fingerprint density at radius 3 is 2.00 bits per heavy atom. The van der Waals surface area contributed by atoms with Crippen molar-refractivity contribution >= 4 is 29.7 Å². The zero-order valence-corrected chi connectivity index (χ0v) is 29.3. The van der Waals surface area contributed by atoms with Crippen molar-refractivity contribution in [3.8, 4) is 11.5 Å². The highest BCUT2D eigenvalue weighted by Crippen LogP contribution is 2.50. The second-order valence-corrected chi connectivity index (χ2v) is 14.0. The van der Waals surface area contributed by atoms with Crippen LogP contribution >= 0.6 is 0 Å². The van der Waals surface area contributed by atoms with Crippen LogP contribution in [0.1, 0.15) is 86.1 Å². The molecule has 264 valence electrons. The van der Waals surface area contributed by atoms with Crippen LogP contribution in [-0.4, -0.2) is 81.5 Å². The van der Waals surface area contributed by atoms with Crippen molar-refractivity contribution in [3.05, 3.63) is 23.8 Å². The molecular weight excluding hydrogens is 612 g/mol. The average Bonchev–Trinajstić information content (AvgIpc) is 3.83. The van der Waals surface area contributed by atoms with Crippen LogP contribution in [-0.2, 0) is 49.3 Å². The monoisotopic (exact) mass is 664 g/mol. The van der Waals surface area contributed by atoms with Gasteiger partial charge in [-0.1, -0.05) is 13.0 Å². The molecule has 4 atom stereocenters. The smallest absolute Gasteiger partial charge is 0.317 e. The zero-order valence-electron chi connectivity index (χ0n) is 29.3. The van der Waals surface area contributed by atoms with E-state index in [1.165, 1.54) is 21.1 Å². The highest BCUT2D eigenvalue weighted by atomic mass is 16.6. The Morgan fingerprint density at radius 2 is 1.47 bits per heavy atom. The summed E-state index contributed by atoms with van der Waals surface area (Å²) in [6.45, 7) is 11.8. The maximum absolute atomic E-state index is 13.9. The van der Waals surface area contributed by atoms with Gasteiger partial charge in [0.2, 0.25) is 0 Å². The van der Waals surface area contributed by atoms with Gasteiger partial charge in [-0.3, -0.25) is 24.0 Å². The molecule has 0 amide bonds. The number of carbonyl (C=O) groups excluding carboxylic acids is 5. The molecule has 0 aliphatic carbocycles. The average molecular weight is 665 g/mol. The fraction of sp³-hybridized carbons (Fsp3) is 0.686. The summed E-state index contributed by atoms with van der Waals surface area (Å²) in [5, 5.41) is 9.28. The number of aliphatic hydroxyl groups is 1. The summed E-state index contributed by atoms with van der Waals surface area (Å²) >= 11 is 0. The van der Waals surface area contributed by atoms with Crippen LogP contribution in [0.15, 0.2) is 18.2 Å². The van der Waals surface area contributed by atoms with Crippen LogP contribution in [0.2, 0.25) is 0 Å². The van der Waals surface area contributed by atoms with E-state index in [9.17, 15) is 29.1 Å². The van der Waals surface area contributed by atoms with Gasteiger partial charge in [-0.2, -0.15) is 0 Å². The number of epoxide rings is 1. The number of carbonyl (C=O) groups is 5. The largest absolute Gasteiger partial charge is 0.493 e. The molecule has 12 heteroatoms. The molecule has 0 aromatic heterocycles. The van der Waals surface area contributed by atoms with Gasteiger partial charge in [0.1, 0.15) is 18.5 Å². The highest BCUT2D eigenvalue weighted by molar-refractivity contribution is 5.85. The second kappa shape index (κ2) is 16.5. The van der Waals surface area contributed by atoms with Crippen LogP contribution in [0, 0.1) is 21.7 Å². The first-order valence-electron chi connectivity index (χ1n) is 15.9. The molecule has 0 saturated carbocycles. The van der Waals surface area contributed by atoms with Gasteiger partial charge in [0.15, 0.2) is 11.5 Å². The van der Waals surface area contributed by atoms with E-state index in [2.05, 4.69) is 0 Å². The molecule has 47 heavy (non-hydrogen) atoms. The van der Waals surface area contributed by atoms with Gasteiger partial charge in [-0.15, -0.1) is 0 Å². The van der Waals surface area contributed by atoms with E-state index >= 15 is 0 Å². The van der Waals surface area contributed by atoms with Gasteiger partial charge in [0.25, 0.3) is 0 Å². The Labute approximate surface area is 277 Å². The third-order valence-corrected chi connectivity index (χ3v) is 8.61. The van der Waals surface area contributed by atoms with Gasteiger partial charge < -0.3 is 33.5 Å². The summed E-state index contributed by atoms with van der Waals surface area (Å²) in [6, 6.07) is 4.85. The normalized spacial score (nSPS) is 18.0. The number of esters is 4. The minimum absolute atomic E-state index is 0.0341. The molecule has 1 aliphatic heterocycles. The second-order valence-electron chi connectivity index (χ2n) is 14.0. The number of ether oxygens (including phenoxy) is 6. The summed E-state index contributed by atoms with van der Waals surface area (Å²) in [4.78, 5) is 65.9. The maximum atomic E-state index is 13.9. The van der Waals surface area contributed by atoms with E-state index in [1.807, 2.05) is 0 Å². The molecule has 0 spiro atoms. The van der Waals surface area contributed by atoms with Crippen molar-refractivity contribution in [1.29, 1.82) is 0 Å². The van der Waals surface area contributed by atoms with Gasteiger partial charge in [-0.25, -0.2) is 0 Å². The summed E-state index contributed by atoms with van der Waals surface area (Å²) in [7, 11) is 2.66. The van der Waals surface area contributed by atoms with Gasteiger partial charge in [0, 0.05) is 19.4 Å². The lowest BCUT2D eigenvalue weighted by molar-refractivity contribution is -0.170. The number of ketones is 1. The number of hydrogen-bond donors (Lipinski definition) is 1. The number of aliphatic hydroxyl groups excluding tert-OH is 1. The lowest BCUT2D eigenvalue weighted by atomic mass is 9.61. The van der Waals surface area contributed by atoms with Crippen molar-refractivity contribution < 1.29 is 57.5 Å². The number of benzene rings is 1. The van der Waals surface area contributed by atoms with Crippen molar-refractivity contribution in [3.63, 3.8) is 0 Å². The molecule has 0 bridgehead atoms. The van der Waals surface area contributed by atoms with Gasteiger partial charge in [0.05, 0.1) is 49.1 Å². The Balaban J connectivity index is 2.47. The number of hydrogen-bond acceptors (Lipinski definition) is 12. The standard InChI is InChI=1S/C35H52O12/c1-10-33(5,31(41)47-26-13-12-24(16-23(2)37)17-27(26)42-8)21-35(7,30(40)44-15-11-14-36)22-34(6,29(39)43-9)20-32(3,4)28(38)46-19-25-18-45-25/h12-13,17,25,36H,10-11,14-16,18-22H2,1-9H3. The molecule has 2 rings (SSSR count). The van der Waals surface area contributed by atoms with Crippen molar-refractivity contribution in [2.45, 2.75) is 93.1 Å². The third kappa shape index (κ3) is 11.0. The highest BCUT2D eigenvalue weighted by Gasteiger charge is 2.53. The lowest BCUT2D eigenvalue weighted by Gasteiger charge is -2.42. The van der Waals surface area contributed by atoms with Crippen molar-refractivity contribution in [1.82, 2.24) is 0 Å². The SMILES string of the molecule is CCC(C)(CC(C)(CC(C)(CC(C)(C)C(=O)OCC1CO1)C(=O)OC)C(=O)OCCCO)C(=O)Oc1ccc(CC(C)=O)cc1OC. The molecule has 1 saturated heterocycles. The summed E-state index contributed by atoms with van der Waals surface area (Å²) in [6.07, 6.45) is 0.249. The molecular formula is C35H52O12. The third-order valence-electron chi connectivity index (χ3n) is 8.61. The van der Waals surface area contributed by atoms with Crippen LogP contribution in [0.5, 0.6) is 11.5 Å². The minimum atomic E-state index is -1.46. The van der Waals surface area contributed by atoms with Crippen LogP contribution < -0.4 is 9.47 Å². The summed E-state index contributed by atoms with van der Waals surface area (Å²) in [5.74, 6) is -2.11. The molecule has 1 N–H and O–H groups in total. The molecule has 0 radical (unpaired) electrons. The predicted molar refractivity (Wildman–Crippen MR) is 171 cm³/mol. The van der Waals surface area contributed by atoms with Gasteiger partial charge >= 0.3 is 23.9 Å². The quantitative estimate of drug-likeness (QED) is 0.0688. The Hall–Kier alpha value is -3.51. The fourth-order valence-electron chi connectivity index (χ4n) is 6.12. The molecule has 1 aromatic rings. The summed E-state index contributed by atoms with van der Waals surface area (Å²) in [5.41, 5.74) is -4.58. The Kier molecular flexibility index (Phi) is 14.0. The van der Waals surface area contributed by atoms with E-state index in [1.54, 1.807) is 59.7 Å². The molecule has 1 fully saturated rings. The van der Waals surface area contributed by atoms with E-state index in [0.29, 0.717) is 12.2 Å². The van der Waals surface area contributed by atoms with Crippen molar-refractivity contribution in [2.75, 3.05) is 40.6 Å². The first kappa shape index (κ1) is 39.7. The lowest BCUT2D eigenvalue weighted by Crippen LogP contribution is -2.47. The topological polar surface area (TPSA) is 164 Å². The number of methoxy groups -OCH3 is 2. The van der Waals surface area contributed by atoms with Crippen LogP contribution in [0.3, 0.4) is 0 Å². The number of Topliss-reactive ketones (excluding diaryl/α,β-unsaturated/α-hetero) is 1. The predicted octanol–water partition coefficient (Wildman–Crippen LogP) is 4.40. The van der Waals surface area contributed by atoms with E-state index in [0.717, 1.165) is 0 Å². The summed E-state index contributed by atoms with van der Waals surface area (Å²) < 4.78 is 32.6. The van der Waals surface area contributed by atoms with Gasteiger partial charge in [-0.05, 0) is 84.9 Å². The minimum Gasteiger partial charge on any atom is -0.493 e. The maximum Gasteiger partial charge on any atom is 0.317 e. The Morgan fingerprint density at radius 1 is 0.851 bits per heavy atom. The first-order chi connectivity index (χ1) is 21.9. The molecule has 1 aliphatic rings. The number of rotatable bonds is 20. The van der Waals surface area contributed by atoms with Crippen LogP contribution in [0.25, 0.3) is 0 Å². The zero-order chi connectivity index (χ0) is 35.6. The fourth-order valence-corrected chi connectivity index (χ4v) is 6.12. The van der Waals surface area contributed by atoms with Crippen LogP contribution in [0.4, 0.5) is 0 Å².